The number of thiophene rings is 1. The van der Waals surface area contributed by atoms with Crippen LogP contribution in [0.5, 0.6) is 0 Å². The molecule has 1 aliphatic rings. The molecule has 1 nitrogen and oxygen atoms in total. The molecule has 1 aliphatic carbocycles. The van der Waals surface area contributed by atoms with Crippen LogP contribution >= 0.6 is 11.3 Å². The summed E-state index contributed by atoms with van der Waals surface area (Å²) < 4.78 is 0. The molecule has 0 bridgehead atoms. The van der Waals surface area contributed by atoms with E-state index in [9.17, 15) is 4.79 Å². The van der Waals surface area contributed by atoms with Crippen molar-refractivity contribution in [3.8, 4) is 0 Å². The van der Waals surface area contributed by atoms with Crippen molar-refractivity contribution in [3.05, 3.63) is 22.4 Å². The molecular weight excluding hydrogens is 180 g/mol. The molecule has 2 heteroatoms. The van der Waals surface area contributed by atoms with Gasteiger partial charge in [0.2, 0.25) is 0 Å². The molecule has 2 atom stereocenters. The van der Waals surface area contributed by atoms with Gasteiger partial charge in [-0.3, -0.25) is 4.79 Å². The fourth-order valence-corrected chi connectivity index (χ4v) is 2.74. The average molecular weight is 194 g/mol. The Bertz CT molecular complexity index is 289. The van der Waals surface area contributed by atoms with E-state index in [0.29, 0.717) is 17.6 Å². The van der Waals surface area contributed by atoms with Crippen LogP contribution in [0.3, 0.4) is 0 Å². The van der Waals surface area contributed by atoms with Crippen molar-refractivity contribution < 1.29 is 4.79 Å². The van der Waals surface area contributed by atoms with Gasteiger partial charge in [0, 0.05) is 12.3 Å². The molecule has 1 fully saturated rings. The van der Waals surface area contributed by atoms with Crippen LogP contribution in [0.1, 0.15) is 25.3 Å². The third-order valence-electron chi connectivity index (χ3n) is 3.05. The van der Waals surface area contributed by atoms with E-state index in [1.807, 2.05) is 0 Å². The molecule has 1 aromatic heterocycles. The van der Waals surface area contributed by atoms with Gasteiger partial charge in [0.25, 0.3) is 0 Å². The number of Topliss-reactive ketones (excluding diaryl/α,β-unsaturated/α-hetero) is 1. The van der Waals surface area contributed by atoms with E-state index < -0.39 is 0 Å². The van der Waals surface area contributed by atoms with Crippen LogP contribution in [0.2, 0.25) is 0 Å². The van der Waals surface area contributed by atoms with Crippen LogP contribution < -0.4 is 0 Å². The second-order valence-electron chi connectivity index (χ2n) is 3.89. The molecule has 0 N–H and O–H groups in total. The summed E-state index contributed by atoms with van der Waals surface area (Å²) in [5, 5.41) is 4.30. The maximum atomic E-state index is 11.3. The highest BCUT2D eigenvalue weighted by Crippen LogP contribution is 2.31. The summed E-state index contributed by atoms with van der Waals surface area (Å²) in [6.07, 6.45) is 2.99. The van der Waals surface area contributed by atoms with E-state index in [0.717, 1.165) is 19.3 Å². The highest BCUT2D eigenvalue weighted by molar-refractivity contribution is 7.07. The summed E-state index contributed by atoms with van der Waals surface area (Å²) in [5.41, 5.74) is 1.40. The van der Waals surface area contributed by atoms with Gasteiger partial charge in [-0.2, -0.15) is 11.3 Å². The van der Waals surface area contributed by atoms with E-state index in [-0.39, 0.29) is 0 Å². The first-order valence-electron chi connectivity index (χ1n) is 4.81. The quantitative estimate of drug-likeness (QED) is 0.707. The summed E-state index contributed by atoms with van der Waals surface area (Å²) in [6, 6.07) is 2.17. The summed E-state index contributed by atoms with van der Waals surface area (Å²) in [5.74, 6) is 1.35. The Morgan fingerprint density at radius 2 is 2.46 bits per heavy atom. The highest BCUT2D eigenvalue weighted by atomic mass is 32.1. The minimum atomic E-state index is 0.292. The van der Waals surface area contributed by atoms with E-state index in [4.69, 9.17) is 0 Å². The Balaban J connectivity index is 2.00. The predicted octanol–water partition coefficient (Wildman–Crippen LogP) is 2.91. The molecule has 0 saturated heterocycles. The Labute approximate surface area is 82.8 Å². The molecular formula is C11H14OS. The number of carbonyl (C=O) groups is 1. The lowest BCUT2D eigenvalue weighted by Crippen LogP contribution is -2.12. The normalized spacial score (nSPS) is 28.2. The van der Waals surface area contributed by atoms with Gasteiger partial charge in [-0.25, -0.2) is 0 Å². The van der Waals surface area contributed by atoms with Crippen molar-refractivity contribution in [1.82, 2.24) is 0 Å². The molecule has 0 spiro atoms. The lowest BCUT2D eigenvalue weighted by atomic mass is 9.92. The van der Waals surface area contributed by atoms with Crippen LogP contribution in [0.4, 0.5) is 0 Å². The smallest absolute Gasteiger partial charge is 0.135 e. The molecule has 0 aromatic carbocycles. The Morgan fingerprint density at radius 3 is 3.00 bits per heavy atom. The van der Waals surface area contributed by atoms with Crippen molar-refractivity contribution in [2.75, 3.05) is 0 Å². The van der Waals surface area contributed by atoms with Gasteiger partial charge < -0.3 is 0 Å². The topological polar surface area (TPSA) is 17.1 Å². The largest absolute Gasteiger partial charge is 0.299 e. The van der Waals surface area contributed by atoms with E-state index in [1.165, 1.54) is 5.56 Å². The second-order valence-corrected chi connectivity index (χ2v) is 4.67. The molecule has 1 aromatic rings. The fraction of sp³-hybridized carbons (Fsp3) is 0.545. The first kappa shape index (κ1) is 8.95. The van der Waals surface area contributed by atoms with Crippen molar-refractivity contribution in [3.63, 3.8) is 0 Å². The van der Waals surface area contributed by atoms with Crippen molar-refractivity contribution in [2.24, 2.45) is 11.8 Å². The Morgan fingerprint density at radius 1 is 1.62 bits per heavy atom. The first-order chi connectivity index (χ1) is 6.27. The minimum Gasteiger partial charge on any atom is -0.299 e. The van der Waals surface area contributed by atoms with Crippen LogP contribution in [0, 0.1) is 11.8 Å². The first-order valence-corrected chi connectivity index (χ1v) is 5.75. The number of ketones is 1. The highest BCUT2D eigenvalue weighted by Gasteiger charge is 2.30. The zero-order valence-corrected chi connectivity index (χ0v) is 8.64. The number of carbonyl (C=O) groups excluding carboxylic acids is 1. The molecule has 1 heterocycles. The third kappa shape index (κ3) is 1.83. The molecule has 2 unspecified atom stereocenters. The Kier molecular flexibility index (Phi) is 2.49. The lowest BCUT2D eigenvalue weighted by molar-refractivity contribution is -0.120. The lowest BCUT2D eigenvalue weighted by Gasteiger charge is -2.12. The van der Waals surface area contributed by atoms with Crippen molar-refractivity contribution >= 4 is 17.1 Å². The standard InChI is InChI=1S/C11H14OS/c1-8-10(2-3-11(8)12)6-9-4-5-13-7-9/h4-5,7-8,10H,2-3,6H2,1H3. The third-order valence-corrected chi connectivity index (χ3v) is 3.79. The van der Waals surface area contributed by atoms with Gasteiger partial charge in [0.15, 0.2) is 0 Å². The van der Waals surface area contributed by atoms with Gasteiger partial charge in [-0.15, -0.1) is 0 Å². The summed E-state index contributed by atoms with van der Waals surface area (Å²) >= 11 is 1.74. The predicted molar refractivity (Wildman–Crippen MR) is 54.9 cm³/mol. The maximum absolute atomic E-state index is 11.3. The molecule has 0 radical (unpaired) electrons. The zero-order chi connectivity index (χ0) is 9.26. The Hall–Kier alpha value is -0.630. The molecule has 13 heavy (non-hydrogen) atoms. The summed E-state index contributed by atoms with van der Waals surface area (Å²) in [7, 11) is 0. The van der Waals surface area contributed by atoms with Crippen LogP contribution in [0.25, 0.3) is 0 Å². The number of hydrogen-bond donors (Lipinski definition) is 0. The molecule has 2 rings (SSSR count). The van der Waals surface area contributed by atoms with Crippen LogP contribution in [-0.4, -0.2) is 5.78 Å². The maximum Gasteiger partial charge on any atom is 0.135 e. The van der Waals surface area contributed by atoms with Gasteiger partial charge in [-0.05, 0) is 41.1 Å². The minimum absolute atomic E-state index is 0.292. The van der Waals surface area contributed by atoms with Gasteiger partial charge in [0.05, 0.1) is 0 Å². The summed E-state index contributed by atoms with van der Waals surface area (Å²) in [4.78, 5) is 11.3. The SMILES string of the molecule is CC1C(=O)CCC1Cc1ccsc1. The number of hydrogen-bond acceptors (Lipinski definition) is 2. The molecule has 70 valence electrons. The van der Waals surface area contributed by atoms with Gasteiger partial charge >= 0.3 is 0 Å². The van der Waals surface area contributed by atoms with Gasteiger partial charge in [-0.1, -0.05) is 6.92 Å². The van der Waals surface area contributed by atoms with Crippen molar-refractivity contribution in [2.45, 2.75) is 26.2 Å². The number of rotatable bonds is 2. The summed E-state index contributed by atoms with van der Waals surface area (Å²) in [6.45, 7) is 2.08. The van der Waals surface area contributed by atoms with Crippen LogP contribution in [-0.2, 0) is 11.2 Å². The van der Waals surface area contributed by atoms with E-state index in [1.54, 1.807) is 11.3 Å². The molecule has 0 aliphatic heterocycles. The molecule has 0 amide bonds. The van der Waals surface area contributed by atoms with E-state index in [2.05, 4.69) is 23.8 Å². The van der Waals surface area contributed by atoms with Gasteiger partial charge in [0.1, 0.15) is 5.78 Å². The van der Waals surface area contributed by atoms with E-state index >= 15 is 0 Å². The zero-order valence-electron chi connectivity index (χ0n) is 7.82. The second kappa shape index (κ2) is 3.62. The molecule has 1 saturated carbocycles. The monoisotopic (exact) mass is 194 g/mol. The fourth-order valence-electron chi connectivity index (χ4n) is 2.06. The van der Waals surface area contributed by atoms with Crippen molar-refractivity contribution in [1.29, 1.82) is 0 Å². The average Bonchev–Trinajstić information content (AvgIpc) is 2.71. The van der Waals surface area contributed by atoms with Crippen LogP contribution in [0.15, 0.2) is 16.8 Å².